The molecule has 0 aromatic heterocycles. The van der Waals surface area contributed by atoms with E-state index in [9.17, 15) is 9.59 Å². The molecule has 7 atom stereocenters. The Labute approximate surface area is 140 Å². The molecule has 0 aromatic rings. The molecule has 4 aliphatic carbocycles. The zero-order valence-electron chi connectivity index (χ0n) is 15.1. The molecule has 0 saturated heterocycles. The predicted molar refractivity (Wildman–Crippen MR) is 90.9 cm³/mol. The molecule has 0 heterocycles. The molecule has 0 N–H and O–H groups in total. The van der Waals surface area contributed by atoms with Crippen LogP contribution in [0.1, 0.15) is 78.6 Å². The number of ketones is 2. The van der Waals surface area contributed by atoms with Gasteiger partial charge in [-0.25, -0.2) is 0 Å². The van der Waals surface area contributed by atoms with Crippen molar-refractivity contribution >= 4 is 11.6 Å². The van der Waals surface area contributed by atoms with Gasteiger partial charge in [0.2, 0.25) is 0 Å². The number of carbonyl (C=O) groups excluding carboxylic acids is 2. The van der Waals surface area contributed by atoms with E-state index in [-0.39, 0.29) is 5.41 Å². The summed E-state index contributed by atoms with van der Waals surface area (Å²) in [5, 5.41) is 0. The molecule has 0 radical (unpaired) electrons. The highest BCUT2D eigenvalue weighted by Crippen LogP contribution is 2.67. The van der Waals surface area contributed by atoms with Gasteiger partial charge in [-0.3, -0.25) is 9.59 Å². The molecule has 0 aliphatic heterocycles. The van der Waals surface area contributed by atoms with Crippen molar-refractivity contribution in [2.75, 3.05) is 0 Å². The summed E-state index contributed by atoms with van der Waals surface area (Å²) in [7, 11) is 0. The first kappa shape index (κ1) is 15.8. The van der Waals surface area contributed by atoms with Crippen molar-refractivity contribution < 1.29 is 9.59 Å². The van der Waals surface area contributed by atoms with Crippen LogP contribution < -0.4 is 0 Å². The minimum absolute atomic E-state index is 0.265. The van der Waals surface area contributed by atoms with Crippen LogP contribution in [0.2, 0.25) is 0 Å². The molecule has 1 unspecified atom stereocenters. The van der Waals surface area contributed by atoms with E-state index >= 15 is 0 Å². The summed E-state index contributed by atoms with van der Waals surface area (Å²) >= 11 is 0. The molecular formula is C21H32O2. The Morgan fingerprint density at radius 1 is 0.957 bits per heavy atom. The van der Waals surface area contributed by atoms with Crippen LogP contribution in [0.15, 0.2) is 0 Å². The zero-order valence-corrected chi connectivity index (χ0v) is 15.1. The largest absolute Gasteiger partial charge is 0.300 e. The summed E-state index contributed by atoms with van der Waals surface area (Å²) in [6, 6.07) is 0. The number of carbonyl (C=O) groups is 2. The molecule has 0 bridgehead atoms. The molecule has 0 spiro atoms. The summed E-state index contributed by atoms with van der Waals surface area (Å²) in [5.41, 5.74) is 0.660. The smallest absolute Gasteiger partial charge is 0.133 e. The summed E-state index contributed by atoms with van der Waals surface area (Å²) < 4.78 is 0. The van der Waals surface area contributed by atoms with E-state index in [2.05, 4.69) is 13.8 Å². The molecule has 128 valence electrons. The molecular weight excluding hydrogens is 284 g/mol. The van der Waals surface area contributed by atoms with Crippen LogP contribution in [-0.2, 0) is 9.59 Å². The number of Topliss-reactive ketones (excluding diaryl/α,β-unsaturated/α-hetero) is 2. The number of fused-ring (bicyclic) bond motifs is 5. The number of hydrogen-bond donors (Lipinski definition) is 0. The van der Waals surface area contributed by atoms with Crippen LogP contribution in [0.25, 0.3) is 0 Å². The number of rotatable bonds is 1. The highest BCUT2D eigenvalue weighted by atomic mass is 16.1. The summed E-state index contributed by atoms with van der Waals surface area (Å²) in [5.74, 6) is 4.25. The Bertz CT molecular complexity index is 538. The fraction of sp³-hybridized carbons (Fsp3) is 0.905. The fourth-order valence-corrected chi connectivity index (χ4v) is 7.71. The lowest BCUT2D eigenvalue weighted by molar-refractivity contribution is -0.143. The van der Waals surface area contributed by atoms with Gasteiger partial charge in [0.15, 0.2) is 0 Å². The Balaban J connectivity index is 1.63. The van der Waals surface area contributed by atoms with Gasteiger partial charge in [-0.15, -0.1) is 0 Å². The molecule has 23 heavy (non-hydrogen) atoms. The van der Waals surface area contributed by atoms with Gasteiger partial charge in [-0.2, -0.15) is 0 Å². The molecule has 4 fully saturated rings. The van der Waals surface area contributed by atoms with Crippen molar-refractivity contribution in [1.82, 2.24) is 0 Å². The monoisotopic (exact) mass is 316 g/mol. The first-order valence-corrected chi connectivity index (χ1v) is 9.88. The van der Waals surface area contributed by atoms with E-state index in [4.69, 9.17) is 0 Å². The average Bonchev–Trinajstić information content (AvgIpc) is 2.85. The van der Waals surface area contributed by atoms with E-state index in [1.165, 1.54) is 32.1 Å². The molecule has 4 aliphatic rings. The molecule has 2 nitrogen and oxygen atoms in total. The lowest BCUT2D eigenvalue weighted by Crippen LogP contribution is -2.53. The molecule has 4 rings (SSSR count). The van der Waals surface area contributed by atoms with Crippen LogP contribution in [-0.4, -0.2) is 11.6 Å². The second kappa shape index (κ2) is 5.17. The maximum absolute atomic E-state index is 12.2. The maximum Gasteiger partial charge on any atom is 0.133 e. The van der Waals surface area contributed by atoms with E-state index in [0.29, 0.717) is 28.8 Å². The second-order valence-electron chi connectivity index (χ2n) is 9.68. The Hall–Kier alpha value is -0.660. The van der Waals surface area contributed by atoms with Crippen molar-refractivity contribution in [3.8, 4) is 0 Å². The van der Waals surface area contributed by atoms with Gasteiger partial charge in [0.1, 0.15) is 11.6 Å². The number of hydrogen-bond acceptors (Lipinski definition) is 2. The standard InChI is InChI=1S/C21H32O2/c1-13(22)17-6-7-18-16-5-4-14-12-15(23)8-10-20(14,2)19(16)9-11-21(17,18)3/h14,16-19H,4-12H2,1-3H3/t14?,16-,17+,18-,19-,20+,21+/m0/s1. The fourth-order valence-electron chi connectivity index (χ4n) is 7.71. The maximum atomic E-state index is 12.2. The highest BCUT2D eigenvalue weighted by Gasteiger charge is 2.60. The Kier molecular flexibility index (Phi) is 3.56. The molecule has 0 amide bonds. The van der Waals surface area contributed by atoms with E-state index in [1.54, 1.807) is 0 Å². The molecule has 2 heteroatoms. The van der Waals surface area contributed by atoms with Crippen molar-refractivity contribution in [3.63, 3.8) is 0 Å². The van der Waals surface area contributed by atoms with Gasteiger partial charge in [0.05, 0.1) is 0 Å². The van der Waals surface area contributed by atoms with Crippen molar-refractivity contribution in [2.24, 2.45) is 40.4 Å². The Morgan fingerprint density at radius 2 is 1.70 bits per heavy atom. The summed E-state index contributed by atoms with van der Waals surface area (Å²) in [6.45, 7) is 6.74. The SMILES string of the molecule is CC(=O)[C@H]1CC[C@H]2[C@@H]3CCC4CC(=O)CC[C@@]4(C)[C@H]3CC[C@]12C. The van der Waals surface area contributed by atoms with Crippen LogP contribution in [0.4, 0.5) is 0 Å². The van der Waals surface area contributed by atoms with Gasteiger partial charge in [0, 0.05) is 18.8 Å². The van der Waals surface area contributed by atoms with Gasteiger partial charge in [-0.05, 0) is 86.4 Å². The van der Waals surface area contributed by atoms with Crippen molar-refractivity contribution in [2.45, 2.75) is 78.6 Å². The highest BCUT2D eigenvalue weighted by molar-refractivity contribution is 5.80. The third-order valence-corrected chi connectivity index (χ3v) is 8.97. The van der Waals surface area contributed by atoms with Crippen LogP contribution in [0.5, 0.6) is 0 Å². The first-order chi connectivity index (χ1) is 10.9. The third kappa shape index (κ3) is 2.12. The summed E-state index contributed by atoms with van der Waals surface area (Å²) in [6.07, 6.45) is 10.3. The lowest BCUT2D eigenvalue weighted by Gasteiger charge is -2.60. The average molecular weight is 316 g/mol. The van der Waals surface area contributed by atoms with Crippen LogP contribution in [0.3, 0.4) is 0 Å². The quantitative estimate of drug-likeness (QED) is 0.696. The zero-order chi connectivity index (χ0) is 16.4. The predicted octanol–water partition coefficient (Wildman–Crippen LogP) is 4.80. The van der Waals surface area contributed by atoms with E-state index in [0.717, 1.165) is 43.4 Å². The first-order valence-electron chi connectivity index (χ1n) is 9.88. The van der Waals surface area contributed by atoms with Gasteiger partial charge >= 0.3 is 0 Å². The van der Waals surface area contributed by atoms with Gasteiger partial charge in [-0.1, -0.05) is 13.8 Å². The molecule has 4 saturated carbocycles. The van der Waals surface area contributed by atoms with Gasteiger partial charge < -0.3 is 0 Å². The second-order valence-corrected chi connectivity index (χ2v) is 9.68. The minimum Gasteiger partial charge on any atom is -0.300 e. The van der Waals surface area contributed by atoms with E-state index in [1.807, 2.05) is 6.92 Å². The van der Waals surface area contributed by atoms with Gasteiger partial charge in [0.25, 0.3) is 0 Å². The third-order valence-electron chi connectivity index (χ3n) is 8.97. The topological polar surface area (TPSA) is 34.1 Å². The summed E-state index contributed by atoms with van der Waals surface area (Å²) in [4.78, 5) is 24.1. The van der Waals surface area contributed by atoms with Crippen LogP contribution in [0, 0.1) is 40.4 Å². The van der Waals surface area contributed by atoms with Crippen molar-refractivity contribution in [3.05, 3.63) is 0 Å². The lowest BCUT2D eigenvalue weighted by atomic mass is 9.44. The Morgan fingerprint density at radius 3 is 2.43 bits per heavy atom. The normalized spacial score (nSPS) is 52.5. The molecule has 0 aromatic carbocycles. The minimum atomic E-state index is 0.265. The van der Waals surface area contributed by atoms with Crippen molar-refractivity contribution in [1.29, 1.82) is 0 Å². The van der Waals surface area contributed by atoms with Crippen LogP contribution >= 0.6 is 0 Å². The van der Waals surface area contributed by atoms with E-state index < -0.39 is 0 Å².